The summed E-state index contributed by atoms with van der Waals surface area (Å²) in [6.07, 6.45) is 4.36. The second kappa shape index (κ2) is 6.75. The van der Waals surface area contributed by atoms with E-state index in [0.717, 1.165) is 0 Å². The number of benzene rings is 2. The maximum Gasteiger partial charge on any atom is 0.294 e. The molecule has 26 heavy (non-hydrogen) atoms. The van der Waals surface area contributed by atoms with Gasteiger partial charge < -0.3 is 0 Å². The highest BCUT2D eigenvalue weighted by atomic mass is 15.1. The second-order valence-corrected chi connectivity index (χ2v) is 8.57. The molecule has 0 spiro atoms. The fraction of sp³-hybridized carbons (Fsp3) is 0.375. The van der Waals surface area contributed by atoms with Gasteiger partial charge in [0.05, 0.1) is 12.6 Å². The number of aryl methyl sites for hydroxylation is 2. The van der Waals surface area contributed by atoms with Gasteiger partial charge in [0.25, 0.3) is 5.82 Å². The van der Waals surface area contributed by atoms with E-state index in [1.807, 2.05) is 0 Å². The minimum Gasteiger partial charge on any atom is -0.232 e. The Balaban J connectivity index is 2.38. The van der Waals surface area contributed by atoms with Gasteiger partial charge in [-0.3, -0.25) is 0 Å². The van der Waals surface area contributed by atoms with Crippen LogP contribution >= 0.6 is 0 Å². The van der Waals surface area contributed by atoms with Crippen LogP contribution in [0.5, 0.6) is 0 Å². The van der Waals surface area contributed by atoms with Crippen molar-refractivity contribution in [2.24, 2.45) is 7.05 Å². The Morgan fingerprint density at radius 3 is 2.27 bits per heavy atom. The highest BCUT2D eigenvalue weighted by Gasteiger charge is 2.29. The molecule has 0 aliphatic rings. The van der Waals surface area contributed by atoms with Crippen LogP contribution in [0, 0.1) is 6.92 Å². The molecular formula is C24H31N2+. The second-order valence-electron chi connectivity index (χ2n) is 8.57. The van der Waals surface area contributed by atoms with Crippen molar-refractivity contribution in [1.29, 1.82) is 0 Å². The summed E-state index contributed by atoms with van der Waals surface area (Å²) in [6.45, 7) is 13.6. The lowest BCUT2D eigenvalue weighted by Gasteiger charge is -2.24. The first-order chi connectivity index (χ1) is 12.2. The number of imidazole rings is 1. The van der Waals surface area contributed by atoms with Crippen LogP contribution in [-0.2, 0) is 12.5 Å². The Kier molecular flexibility index (Phi) is 4.79. The van der Waals surface area contributed by atoms with Crippen LogP contribution in [0.4, 0.5) is 0 Å². The summed E-state index contributed by atoms with van der Waals surface area (Å²) in [6, 6.07) is 15.4. The molecule has 0 aliphatic heterocycles. The Morgan fingerprint density at radius 2 is 1.65 bits per heavy atom. The van der Waals surface area contributed by atoms with Gasteiger partial charge in [0.1, 0.15) is 18.1 Å². The number of aromatic nitrogens is 2. The van der Waals surface area contributed by atoms with Crippen LogP contribution in [0.1, 0.15) is 57.2 Å². The fourth-order valence-electron chi connectivity index (χ4n) is 3.70. The van der Waals surface area contributed by atoms with E-state index in [0.29, 0.717) is 5.92 Å². The van der Waals surface area contributed by atoms with Gasteiger partial charge in [-0.2, -0.15) is 4.57 Å². The van der Waals surface area contributed by atoms with Crippen molar-refractivity contribution in [3.8, 4) is 17.1 Å². The quantitative estimate of drug-likeness (QED) is 0.538. The van der Waals surface area contributed by atoms with Crippen LogP contribution in [-0.4, -0.2) is 4.57 Å². The van der Waals surface area contributed by atoms with E-state index < -0.39 is 0 Å². The molecule has 3 aromatic rings. The molecule has 0 radical (unpaired) electrons. The molecule has 0 saturated heterocycles. The van der Waals surface area contributed by atoms with Crippen LogP contribution in [0.25, 0.3) is 17.1 Å². The van der Waals surface area contributed by atoms with Crippen molar-refractivity contribution in [3.63, 3.8) is 0 Å². The van der Waals surface area contributed by atoms with Crippen LogP contribution < -0.4 is 4.57 Å². The molecule has 1 heterocycles. The molecule has 3 rings (SSSR count). The van der Waals surface area contributed by atoms with E-state index in [-0.39, 0.29) is 5.41 Å². The largest absolute Gasteiger partial charge is 0.294 e. The Hall–Kier alpha value is -2.35. The Morgan fingerprint density at radius 1 is 0.962 bits per heavy atom. The molecule has 0 amide bonds. The highest BCUT2D eigenvalue weighted by Crippen LogP contribution is 2.36. The van der Waals surface area contributed by atoms with Crippen molar-refractivity contribution < 1.29 is 4.57 Å². The van der Waals surface area contributed by atoms with E-state index in [1.165, 1.54) is 33.8 Å². The van der Waals surface area contributed by atoms with E-state index >= 15 is 0 Å². The van der Waals surface area contributed by atoms with Crippen molar-refractivity contribution >= 4 is 0 Å². The minimum absolute atomic E-state index is 0.0755. The summed E-state index contributed by atoms with van der Waals surface area (Å²) in [7, 11) is 2.13. The van der Waals surface area contributed by atoms with Gasteiger partial charge in [0.15, 0.2) is 0 Å². The van der Waals surface area contributed by atoms with Crippen LogP contribution in [0.15, 0.2) is 54.9 Å². The number of rotatable bonds is 3. The lowest BCUT2D eigenvalue weighted by molar-refractivity contribution is -0.659. The topological polar surface area (TPSA) is 8.81 Å². The normalized spacial score (nSPS) is 12.0. The van der Waals surface area contributed by atoms with Gasteiger partial charge in [-0.1, -0.05) is 71.0 Å². The Bertz CT molecular complexity index is 924. The molecule has 0 fully saturated rings. The third-order valence-corrected chi connectivity index (χ3v) is 5.13. The van der Waals surface area contributed by atoms with Gasteiger partial charge in [0, 0.05) is 11.1 Å². The zero-order valence-corrected chi connectivity index (χ0v) is 17.2. The average Bonchev–Trinajstić information content (AvgIpc) is 2.95. The van der Waals surface area contributed by atoms with E-state index in [2.05, 4.69) is 113 Å². The maximum atomic E-state index is 2.39. The molecule has 2 nitrogen and oxygen atoms in total. The number of para-hydroxylation sites is 1. The molecular weight excluding hydrogens is 316 g/mol. The summed E-state index contributed by atoms with van der Waals surface area (Å²) in [5, 5.41) is 0. The molecule has 2 aromatic carbocycles. The minimum atomic E-state index is 0.0755. The first kappa shape index (κ1) is 18.4. The van der Waals surface area contributed by atoms with Crippen LogP contribution in [0.3, 0.4) is 0 Å². The predicted molar refractivity (Wildman–Crippen MR) is 110 cm³/mol. The van der Waals surface area contributed by atoms with Gasteiger partial charge in [-0.25, -0.2) is 4.57 Å². The lowest BCUT2D eigenvalue weighted by Crippen LogP contribution is -2.30. The third-order valence-electron chi connectivity index (χ3n) is 5.13. The summed E-state index contributed by atoms with van der Waals surface area (Å²) in [4.78, 5) is 0. The number of nitrogens with zero attached hydrogens (tertiary/aromatic N) is 2. The molecule has 0 aliphatic carbocycles. The smallest absolute Gasteiger partial charge is 0.232 e. The highest BCUT2D eigenvalue weighted by molar-refractivity contribution is 5.63. The summed E-state index contributed by atoms with van der Waals surface area (Å²) in [5.74, 6) is 1.69. The van der Waals surface area contributed by atoms with Crippen LogP contribution in [0.2, 0.25) is 0 Å². The number of hydrogen-bond acceptors (Lipinski definition) is 0. The molecule has 0 bridgehead atoms. The molecule has 0 N–H and O–H groups in total. The zero-order chi connectivity index (χ0) is 19.1. The fourth-order valence-corrected chi connectivity index (χ4v) is 3.70. The predicted octanol–water partition coefficient (Wildman–Crippen LogP) is 5.70. The molecule has 1 aromatic heterocycles. The first-order valence-electron chi connectivity index (χ1n) is 9.48. The summed E-state index contributed by atoms with van der Waals surface area (Å²) in [5.41, 5.74) is 6.75. The number of hydrogen-bond donors (Lipinski definition) is 0. The monoisotopic (exact) mass is 347 g/mol. The Labute approximate surface area is 158 Å². The van der Waals surface area contributed by atoms with Gasteiger partial charge in [0.2, 0.25) is 0 Å². The van der Waals surface area contributed by atoms with E-state index in [4.69, 9.17) is 0 Å². The van der Waals surface area contributed by atoms with Crippen molar-refractivity contribution in [1.82, 2.24) is 4.57 Å². The summed E-state index contributed by atoms with van der Waals surface area (Å²) >= 11 is 0. The maximum absolute atomic E-state index is 2.39. The SMILES string of the molecule is Cc1ccccc1-c1n(-c2c(C(C)C)cccc2C(C)(C)C)cc[n+]1C. The van der Waals surface area contributed by atoms with Crippen molar-refractivity contribution in [3.05, 3.63) is 71.5 Å². The van der Waals surface area contributed by atoms with E-state index in [9.17, 15) is 0 Å². The first-order valence-corrected chi connectivity index (χ1v) is 9.48. The van der Waals surface area contributed by atoms with Crippen molar-refractivity contribution in [2.45, 2.75) is 52.9 Å². The molecule has 0 saturated carbocycles. The lowest BCUT2D eigenvalue weighted by atomic mass is 9.82. The van der Waals surface area contributed by atoms with E-state index in [1.54, 1.807) is 0 Å². The molecule has 2 heteroatoms. The van der Waals surface area contributed by atoms with Gasteiger partial charge >= 0.3 is 0 Å². The van der Waals surface area contributed by atoms with Gasteiger partial charge in [-0.15, -0.1) is 0 Å². The average molecular weight is 348 g/mol. The molecule has 136 valence electrons. The zero-order valence-electron chi connectivity index (χ0n) is 17.2. The summed E-state index contributed by atoms with van der Waals surface area (Å²) < 4.78 is 4.62. The van der Waals surface area contributed by atoms with Gasteiger partial charge in [-0.05, 0) is 29.9 Å². The van der Waals surface area contributed by atoms with Crippen molar-refractivity contribution in [2.75, 3.05) is 0 Å². The third kappa shape index (κ3) is 3.21. The standard InChI is InChI=1S/C24H31N2/c1-17(2)19-13-10-14-21(24(4,5)6)22(19)26-16-15-25(7)23(26)20-12-9-8-11-18(20)3/h8-17H,1-7H3/q+1. The molecule has 0 atom stereocenters. The molecule has 0 unspecified atom stereocenters.